The third-order valence-electron chi connectivity index (χ3n) is 4.55. The Bertz CT molecular complexity index is 993. The van der Waals surface area contributed by atoms with Crippen LogP contribution in [0.25, 0.3) is 0 Å². The van der Waals surface area contributed by atoms with Crippen molar-refractivity contribution < 1.29 is 18.4 Å². The number of carbonyl (C=O) groups is 2. The zero-order chi connectivity index (χ0) is 19.5. The fourth-order valence-electron chi connectivity index (χ4n) is 3.13. The minimum atomic E-state index is -0.464. The van der Waals surface area contributed by atoms with Crippen LogP contribution in [0.2, 0.25) is 0 Å². The molecule has 3 aromatic rings. The predicted molar refractivity (Wildman–Crippen MR) is 99.0 cm³/mol. The van der Waals surface area contributed by atoms with Crippen LogP contribution in [-0.2, 0) is 19.5 Å². The maximum absolute atomic E-state index is 13.3. The third-order valence-corrected chi connectivity index (χ3v) is 4.55. The highest BCUT2D eigenvalue weighted by Gasteiger charge is 2.30. The first kappa shape index (κ1) is 17.9. The lowest BCUT2D eigenvalue weighted by atomic mass is 10.1. The summed E-state index contributed by atoms with van der Waals surface area (Å²) < 4.78 is 18.9. The van der Waals surface area contributed by atoms with Gasteiger partial charge in [-0.2, -0.15) is 0 Å². The van der Waals surface area contributed by atoms with Crippen LogP contribution in [0.3, 0.4) is 0 Å². The summed E-state index contributed by atoms with van der Waals surface area (Å²) in [6.45, 7) is 0.903. The molecule has 1 N–H and O–H groups in total. The first-order valence-corrected chi connectivity index (χ1v) is 8.96. The zero-order valence-corrected chi connectivity index (χ0v) is 15.0. The number of nitrogens with one attached hydrogen (secondary N) is 1. The quantitative estimate of drug-likeness (QED) is 0.740. The minimum Gasteiger partial charge on any atom is -0.435 e. The Balaban J connectivity index is 1.34. The first-order chi connectivity index (χ1) is 13.6. The summed E-state index contributed by atoms with van der Waals surface area (Å²) in [6, 6.07) is 15.4. The number of nitrogens with zero attached hydrogens (tertiary/aromatic N) is 2. The lowest BCUT2D eigenvalue weighted by Gasteiger charge is -2.15. The van der Waals surface area contributed by atoms with Crippen molar-refractivity contribution in [3.8, 4) is 0 Å². The van der Waals surface area contributed by atoms with Gasteiger partial charge in [0, 0.05) is 12.1 Å². The van der Waals surface area contributed by atoms with Crippen LogP contribution in [-0.4, -0.2) is 28.2 Å². The number of oxazole rings is 1. The Kier molecular flexibility index (Phi) is 4.89. The van der Waals surface area contributed by atoms with E-state index in [4.69, 9.17) is 4.42 Å². The van der Waals surface area contributed by atoms with Gasteiger partial charge in [0.2, 0.25) is 0 Å². The Labute approximate surface area is 161 Å². The summed E-state index contributed by atoms with van der Waals surface area (Å²) in [4.78, 5) is 30.4. The van der Waals surface area contributed by atoms with E-state index >= 15 is 0 Å². The van der Waals surface area contributed by atoms with Gasteiger partial charge in [-0.25, -0.2) is 9.37 Å². The van der Waals surface area contributed by atoms with Crippen molar-refractivity contribution in [2.45, 2.75) is 19.5 Å². The lowest BCUT2D eigenvalue weighted by molar-refractivity contribution is 0.0740. The highest BCUT2D eigenvalue weighted by molar-refractivity contribution is 5.94. The van der Waals surface area contributed by atoms with Gasteiger partial charge in [0.15, 0.2) is 0 Å². The summed E-state index contributed by atoms with van der Waals surface area (Å²) in [7, 11) is 0. The van der Waals surface area contributed by atoms with E-state index in [0.29, 0.717) is 24.4 Å². The van der Waals surface area contributed by atoms with E-state index in [1.807, 2.05) is 30.3 Å². The Morgan fingerprint density at radius 1 is 1.11 bits per heavy atom. The van der Waals surface area contributed by atoms with Crippen LogP contribution in [0.1, 0.15) is 38.1 Å². The molecular weight excluding hydrogens is 361 g/mol. The Morgan fingerprint density at radius 3 is 2.68 bits per heavy atom. The maximum atomic E-state index is 13.3. The molecule has 2 aromatic carbocycles. The van der Waals surface area contributed by atoms with Crippen molar-refractivity contribution in [3.63, 3.8) is 0 Å². The molecule has 7 heteroatoms. The van der Waals surface area contributed by atoms with Gasteiger partial charge in [0.25, 0.3) is 11.8 Å². The predicted octanol–water partition coefficient (Wildman–Crippen LogP) is 2.94. The molecule has 1 aromatic heterocycles. The largest absolute Gasteiger partial charge is 0.435 e. The molecule has 1 aliphatic rings. The average Bonchev–Trinajstić information content (AvgIpc) is 3.27. The molecule has 1 aliphatic heterocycles. The normalized spacial score (nSPS) is 12.7. The van der Waals surface area contributed by atoms with E-state index in [2.05, 4.69) is 10.3 Å². The second-order valence-corrected chi connectivity index (χ2v) is 6.55. The SMILES string of the molecule is O=C(NCCc1ccccc1)c1nc2c(o1)CN(C(=O)c1cccc(F)c1)C2. The molecule has 6 nitrogen and oxygen atoms in total. The molecule has 0 radical (unpaired) electrons. The highest BCUT2D eigenvalue weighted by Crippen LogP contribution is 2.25. The van der Waals surface area contributed by atoms with E-state index in [1.165, 1.54) is 23.1 Å². The number of carbonyl (C=O) groups excluding carboxylic acids is 2. The van der Waals surface area contributed by atoms with Crippen molar-refractivity contribution in [2.24, 2.45) is 0 Å². The molecule has 0 aliphatic carbocycles. The number of hydrogen-bond donors (Lipinski definition) is 1. The molecule has 0 fully saturated rings. The van der Waals surface area contributed by atoms with Gasteiger partial charge in [0.05, 0.1) is 13.1 Å². The van der Waals surface area contributed by atoms with E-state index in [-0.39, 0.29) is 36.4 Å². The fraction of sp³-hybridized carbons (Fsp3) is 0.190. The van der Waals surface area contributed by atoms with Gasteiger partial charge in [-0.05, 0) is 30.2 Å². The van der Waals surface area contributed by atoms with Crippen LogP contribution in [0.5, 0.6) is 0 Å². The minimum absolute atomic E-state index is 0.00378. The second kappa shape index (κ2) is 7.64. The molecule has 0 saturated heterocycles. The number of fused-ring (bicyclic) bond motifs is 1. The summed E-state index contributed by atoms with van der Waals surface area (Å²) in [5, 5.41) is 2.78. The highest BCUT2D eigenvalue weighted by atomic mass is 19.1. The van der Waals surface area contributed by atoms with Gasteiger partial charge in [-0.3, -0.25) is 9.59 Å². The first-order valence-electron chi connectivity index (χ1n) is 8.96. The molecule has 0 atom stereocenters. The van der Waals surface area contributed by atoms with E-state index < -0.39 is 5.82 Å². The number of benzene rings is 2. The maximum Gasteiger partial charge on any atom is 0.307 e. The number of aromatic nitrogens is 1. The summed E-state index contributed by atoms with van der Waals surface area (Å²) in [6.07, 6.45) is 0.711. The van der Waals surface area contributed by atoms with Crippen LogP contribution < -0.4 is 5.32 Å². The molecule has 0 saturated carbocycles. The van der Waals surface area contributed by atoms with Crippen molar-refractivity contribution in [1.29, 1.82) is 0 Å². The van der Waals surface area contributed by atoms with Crippen molar-refractivity contribution in [3.05, 3.63) is 88.9 Å². The van der Waals surface area contributed by atoms with Gasteiger partial charge in [-0.1, -0.05) is 36.4 Å². The molecule has 0 bridgehead atoms. The molecule has 2 amide bonds. The molecule has 2 heterocycles. The molecule has 0 spiro atoms. The summed E-state index contributed by atoms with van der Waals surface area (Å²) in [5.74, 6) is -0.668. The summed E-state index contributed by atoms with van der Waals surface area (Å²) in [5.41, 5.74) is 1.95. The molecule has 0 unspecified atom stereocenters. The molecular formula is C21H18FN3O3. The van der Waals surface area contributed by atoms with E-state index in [1.54, 1.807) is 6.07 Å². The third kappa shape index (κ3) is 3.78. The number of halogens is 1. The van der Waals surface area contributed by atoms with Gasteiger partial charge in [0.1, 0.15) is 17.3 Å². The van der Waals surface area contributed by atoms with Crippen LogP contribution in [0, 0.1) is 5.82 Å². The van der Waals surface area contributed by atoms with Crippen LogP contribution in [0.4, 0.5) is 4.39 Å². The Hall–Kier alpha value is -3.48. The van der Waals surface area contributed by atoms with Crippen molar-refractivity contribution in [1.82, 2.24) is 15.2 Å². The van der Waals surface area contributed by atoms with Gasteiger partial charge >= 0.3 is 5.91 Å². The monoisotopic (exact) mass is 379 g/mol. The summed E-state index contributed by atoms with van der Waals surface area (Å²) >= 11 is 0. The zero-order valence-electron chi connectivity index (χ0n) is 15.0. The van der Waals surface area contributed by atoms with E-state index in [9.17, 15) is 14.0 Å². The van der Waals surface area contributed by atoms with Crippen molar-refractivity contribution in [2.75, 3.05) is 6.54 Å². The smallest absolute Gasteiger partial charge is 0.307 e. The van der Waals surface area contributed by atoms with Crippen LogP contribution in [0.15, 0.2) is 59.0 Å². The molecule has 28 heavy (non-hydrogen) atoms. The second-order valence-electron chi connectivity index (χ2n) is 6.55. The van der Waals surface area contributed by atoms with E-state index in [0.717, 1.165) is 5.56 Å². The molecule has 142 valence electrons. The molecule has 4 rings (SSSR count). The number of amides is 2. The fourth-order valence-corrected chi connectivity index (χ4v) is 3.13. The van der Waals surface area contributed by atoms with Gasteiger partial charge in [-0.15, -0.1) is 0 Å². The Morgan fingerprint density at radius 2 is 1.93 bits per heavy atom. The number of rotatable bonds is 5. The average molecular weight is 379 g/mol. The standard InChI is InChI=1S/C21H18FN3O3/c22-16-8-4-7-15(11-16)21(27)25-12-17-18(13-25)28-20(24-17)19(26)23-10-9-14-5-2-1-3-6-14/h1-8,11H,9-10,12-13H2,(H,23,26). The van der Waals surface area contributed by atoms with Gasteiger partial charge < -0.3 is 14.6 Å². The van der Waals surface area contributed by atoms with Crippen LogP contribution >= 0.6 is 0 Å². The topological polar surface area (TPSA) is 75.4 Å². The number of hydrogen-bond acceptors (Lipinski definition) is 4. The lowest BCUT2D eigenvalue weighted by Crippen LogP contribution is -2.27. The van der Waals surface area contributed by atoms with Crippen molar-refractivity contribution >= 4 is 11.8 Å².